The van der Waals surface area contributed by atoms with Crippen LogP contribution in [0.3, 0.4) is 0 Å². The van der Waals surface area contributed by atoms with Gasteiger partial charge >= 0.3 is 0 Å². The van der Waals surface area contributed by atoms with Crippen LogP contribution in [0.15, 0.2) is 60.0 Å². The molecule has 0 unspecified atom stereocenters. The number of thiazole rings is 1. The van der Waals surface area contributed by atoms with E-state index in [1.54, 1.807) is 17.5 Å². The summed E-state index contributed by atoms with van der Waals surface area (Å²) in [5.41, 5.74) is 1.95. The Morgan fingerprint density at radius 2 is 1.77 bits per heavy atom. The van der Waals surface area contributed by atoms with E-state index in [1.165, 1.54) is 11.3 Å². The fourth-order valence-electron chi connectivity index (χ4n) is 2.77. The van der Waals surface area contributed by atoms with Gasteiger partial charge in [0, 0.05) is 24.9 Å². The number of ether oxygens (including phenoxy) is 1. The Labute approximate surface area is 180 Å². The number of benzene rings is 2. The van der Waals surface area contributed by atoms with Gasteiger partial charge in [0.15, 0.2) is 0 Å². The Hall–Kier alpha value is -3.19. The third-order valence-corrected chi connectivity index (χ3v) is 5.21. The summed E-state index contributed by atoms with van der Waals surface area (Å²) in [7, 11) is 0. The van der Waals surface area contributed by atoms with Crippen molar-refractivity contribution in [2.45, 2.75) is 26.3 Å². The van der Waals surface area contributed by atoms with E-state index in [-0.39, 0.29) is 11.8 Å². The van der Waals surface area contributed by atoms with Crippen LogP contribution in [-0.4, -0.2) is 29.9 Å². The molecule has 0 bridgehead atoms. The maximum atomic E-state index is 12.5. The monoisotopic (exact) mass is 423 g/mol. The van der Waals surface area contributed by atoms with Crippen molar-refractivity contribution < 1.29 is 14.3 Å². The van der Waals surface area contributed by atoms with Crippen LogP contribution in [0.5, 0.6) is 5.75 Å². The van der Waals surface area contributed by atoms with Gasteiger partial charge < -0.3 is 15.4 Å². The van der Waals surface area contributed by atoms with Crippen LogP contribution in [0.1, 0.15) is 44.8 Å². The normalized spacial score (nSPS) is 10.4. The molecule has 0 aliphatic rings. The zero-order valence-electron chi connectivity index (χ0n) is 16.9. The molecule has 0 saturated heterocycles. The maximum Gasteiger partial charge on any atom is 0.271 e. The fourth-order valence-corrected chi connectivity index (χ4v) is 3.55. The van der Waals surface area contributed by atoms with Crippen molar-refractivity contribution in [3.63, 3.8) is 0 Å². The smallest absolute Gasteiger partial charge is 0.271 e. The van der Waals surface area contributed by atoms with Crippen molar-refractivity contribution >= 4 is 23.2 Å². The molecule has 1 aromatic heterocycles. The predicted molar refractivity (Wildman–Crippen MR) is 118 cm³/mol. The molecule has 7 heteroatoms. The first-order chi connectivity index (χ1) is 14.7. The molecule has 0 atom stereocenters. The minimum absolute atomic E-state index is 0.181. The molecule has 2 aromatic carbocycles. The highest BCUT2D eigenvalue weighted by molar-refractivity contribution is 7.09. The molecule has 0 aliphatic carbocycles. The molecule has 156 valence electrons. The van der Waals surface area contributed by atoms with E-state index in [4.69, 9.17) is 4.74 Å². The van der Waals surface area contributed by atoms with Crippen LogP contribution in [0.4, 0.5) is 0 Å². The standard InChI is InChI=1S/C23H25N3O3S/c1-2-14-29-20-11-7-6-10-18(20)22(27)24-13-12-21-26-19(16-30-21)23(28)25-15-17-8-4-3-5-9-17/h3-11,16H,2,12-15H2,1H3,(H,24,27)(H,25,28). The lowest BCUT2D eigenvalue weighted by molar-refractivity contribution is 0.0938. The van der Waals surface area contributed by atoms with Crippen LogP contribution in [0.25, 0.3) is 0 Å². The van der Waals surface area contributed by atoms with Gasteiger partial charge in [-0.3, -0.25) is 9.59 Å². The number of hydrogen-bond acceptors (Lipinski definition) is 5. The van der Waals surface area contributed by atoms with Crippen molar-refractivity contribution in [2.24, 2.45) is 0 Å². The van der Waals surface area contributed by atoms with Gasteiger partial charge in [-0.2, -0.15) is 0 Å². The number of nitrogens with zero attached hydrogens (tertiary/aromatic N) is 1. The first-order valence-electron chi connectivity index (χ1n) is 9.94. The third kappa shape index (κ3) is 6.15. The molecule has 3 aromatic rings. The highest BCUT2D eigenvalue weighted by atomic mass is 32.1. The molecule has 0 fully saturated rings. The van der Waals surface area contributed by atoms with Gasteiger partial charge in [-0.1, -0.05) is 49.4 Å². The van der Waals surface area contributed by atoms with E-state index in [0.29, 0.717) is 43.1 Å². The molecule has 1 heterocycles. The van der Waals surface area contributed by atoms with Gasteiger partial charge in [-0.15, -0.1) is 11.3 Å². The summed E-state index contributed by atoms with van der Waals surface area (Å²) >= 11 is 1.41. The molecule has 0 radical (unpaired) electrons. The number of carbonyl (C=O) groups is 2. The molecule has 30 heavy (non-hydrogen) atoms. The Kier molecular flexibility index (Phi) is 7.97. The Balaban J connectivity index is 1.47. The highest BCUT2D eigenvalue weighted by Gasteiger charge is 2.13. The van der Waals surface area contributed by atoms with Gasteiger partial charge in [0.1, 0.15) is 11.4 Å². The average Bonchev–Trinajstić information content (AvgIpc) is 3.26. The Morgan fingerprint density at radius 1 is 1.00 bits per heavy atom. The van der Waals surface area contributed by atoms with Gasteiger partial charge in [0.2, 0.25) is 0 Å². The number of rotatable bonds is 10. The van der Waals surface area contributed by atoms with Gasteiger partial charge in [-0.25, -0.2) is 4.98 Å². The molecule has 6 nitrogen and oxygen atoms in total. The summed E-state index contributed by atoms with van der Waals surface area (Å²) in [5, 5.41) is 8.31. The van der Waals surface area contributed by atoms with Gasteiger partial charge in [0.05, 0.1) is 17.2 Å². The zero-order valence-corrected chi connectivity index (χ0v) is 17.7. The maximum absolute atomic E-state index is 12.5. The van der Waals surface area contributed by atoms with E-state index in [1.807, 2.05) is 49.4 Å². The molecule has 2 N–H and O–H groups in total. The molecule has 0 spiro atoms. The molecule has 0 saturated carbocycles. The summed E-state index contributed by atoms with van der Waals surface area (Å²) in [6, 6.07) is 16.9. The average molecular weight is 424 g/mol. The second-order valence-corrected chi connectivity index (χ2v) is 7.59. The summed E-state index contributed by atoms with van der Waals surface area (Å²) in [6.45, 7) is 3.48. The van der Waals surface area contributed by atoms with Crippen molar-refractivity contribution in [2.75, 3.05) is 13.2 Å². The van der Waals surface area contributed by atoms with Crippen molar-refractivity contribution in [3.8, 4) is 5.75 Å². The number of amides is 2. The van der Waals surface area contributed by atoms with E-state index >= 15 is 0 Å². The topological polar surface area (TPSA) is 80.3 Å². The Bertz CT molecular complexity index is 973. The van der Waals surface area contributed by atoms with Crippen molar-refractivity contribution in [1.29, 1.82) is 0 Å². The second kappa shape index (κ2) is 11.1. The summed E-state index contributed by atoms with van der Waals surface area (Å²) in [5.74, 6) is 0.204. The van der Waals surface area contributed by atoms with Crippen molar-refractivity contribution in [3.05, 3.63) is 81.8 Å². The zero-order chi connectivity index (χ0) is 21.2. The SMILES string of the molecule is CCCOc1ccccc1C(=O)NCCc1nc(C(=O)NCc2ccccc2)cs1. The summed E-state index contributed by atoms with van der Waals surface area (Å²) in [6.07, 6.45) is 1.43. The van der Waals surface area contributed by atoms with Crippen LogP contribution in [0, 0.1) is 0 Å². The summed E-state index contributed by atoms with van der Waals surface area (Å²) in [4.78, 5) is 29.1. The van der Waals surface area contributed by atoms with Gasteiger partial charge in [-0.05, 0) is 24.1 Å². The first-order valence-corrected chi connectivity index (χ1v) is 10.8. The van der Waals surface area contributed by atoms with Gasteiger partial charge in [0.25, 0.3) is 11.8 Å². The fraction of sp³-hybridized carbons (Fsp3) is 0.261. The van der Waals surface area contributed by atoms with Crippen molar-refractivity contribution in [1.82, 2.24) is 15.6 Å². The van der Waals surface area contributed by atoms with E-state index in [9.17, 15) is 9.59 Å². The largest absolute Gasteiger partial charge is 0.493 e. The number of carbonyl (C=O) groups excluding carboxylic acids is 2. The molecular weight excluding hydrogens is 398 g/mol. The van der Waals surface area contributed by atoms with E-state index in [2.05, 4.69) is 15.6 Å². The van der Waals surface area contributed by atoms with Crippen LogP contribution in [-0.2, 0) is 13.0 Å². The van der Waals surface area contributed by atoms with Crippen LogP contribution < -0.4 is 15.4 Å². The lowest BCUT2D eigenvalue weighted by atomic mass is 10.2. The Morgan fingerprint density at radius 3 is 2.57 bits per heavy atom. The number of hydrogen-bond donors (Lipinski definition) is 2. The van der Waals surface area contributed by atoms with Crippen LogP contribution in [0.2, 0.25) is 0 Å². The molecular formula is C23H25N3O3S. The second-order valence-electron chi connectivity index (χ2n) is 6.65. The number of para-hydroxylation sites is 1. The quantitative estimate of drug-likeness (QED) is 0.519. The molecule has 2 amide bonds. The molecule has 3 rings (SSSR count). The minimum atomic E-state index is -0.201. The predicted octanol–water partition coefficient (Wildman–Crippen LogP) is 3.83. The highest BCUT2D eigenvalue weighted by Crippen LogP contribution is 2.18. The van der Waals surface area contributed by atoms with E-state index < -0.39 is 0 Å². The third-order valence-electron chi connectivity index (χ3n) is 4.30. The minimum Gasteiger partial charge on any atom is -0.493 e. The lowest BCUT2D eigenvalue weighted by Gasteiger charge is -2.10. The number of aromatic nitrogens is 1. The summed E-state index contributed by atoms with van der Waals surface area (Å²) < 4.78 is 5.64. The first kappa shape index (κ1) is 21.5. The lowest BCUT2D eigenvalue weighted by Crippen LogP contribution is -2.26. The number of nitrogens with one attached hydrogen (secondary N) is 2. The molecule has 0 aliphatic heterocycles. The van der Waals surface area contributed by atoms with E-state index in [0.717, 1.165) is 17.0 Å². The van der Waals surface area contributed by atoms with Crippen LogP contribution >= 0.6 is 11.3 Å².